The maximum Gasteiger partial charge on any atom is 0.337 e. The van der Waals surface area contributed by atoms with E-state index in [2.05, 4.69) is 10.4 Å². The molecule has 0 fully saturated rings. The van der Waals surface area contributed by atoms with Crippen LogP contribution in [0.4, 0.5) is 5.69 Å². The molecule has 0 saturated heterocycles. The molecule has 130 valence electrons. The van der Waals surface area contributed by atoms with Crippen LogP contribution in [0.15, 0.2) is 33.5 Å². The third kappa shape index (κ3) is 3.13. The van der Waals surface area contributed by atoms with Crippen LogP contribution in [0.1, 0.15) is 28.7 Å². The monoisotopic (exact) mass is 341 g/mol. The van der Waals surface area contributed by atoms with Gasteiger partial charge in [-0.2, -0.15) is 5.10 Å². The third-order valence-corrected chi connectivity index (χ3v) is 4.02. The molecule has 0 atom stereocenters. The van der Waals surface area contributed by atoms with Gasteiger partial charge in [-0.05, 0) is 32.9 Å². The minimum atomic E-state index is -0.592. The first-order valence-electron chi connectivity index (χ1n) is 7.93. The number of amides is 1. The van der Waals surface area contributed by atoms with Gasteiger partial charge in [0.1, 0.15) is 11.3 Å². The summed E-state index contributed by atoms with van der Waals surface area (Å²) >= 11 is 0. The van der Waals surface area contributed by atoms with Crippen molar-refractivity contribution in [3.63, 3.8) is 0 Å². The second-order valence-corrected chi connectivity index (χ2v) is 5.69. The summed E-state index contributed by atoms with van der Waals surface area (Å²) in [6, 6.07) is 6.25. The van der Waals surface area contributed by atoms with Gasteiger partial charge in [-0.25, -0.2) is 4.79 Å². The molecule has 1 amide bonds. The Hall–Kier alpha value is -3.09. The van der Waals surface area contributed by atoms with E-state index in [9.17, 15) is 9.59 Å². The number of anilines is 1. The van der Waals surface area contributed by atoms with Crippen LogP contribution in [0, 0.1) is 13.8 Å². The second-order valence-electron chi connectivity index (χ2n) is 5.69. The van der Waals surface area contributed by atoms with E-state index in [4.69, 9.17) is 9.15 Å². The zero-order valence-corrected chi connectivity index (χ0v) is 14.5. The number of carbonyl (C=O) groups excluding carboxylic acids is 1. The number of ether oxygens (including phenoxy) is 1. The number of aryl methyl sites for hydroxylation is 2. The summed E-state index contributed by atoms with van der Waals surface area (Å²) in [7, 11) is 1.81. The van der Waals surface area contributed by atoms with Gasteiger partial charge >= 0.3 is 5.63 Å². The highest BCUT2D eigenvalue weighted by Crippen LogP contribution is 2.25. The SMILES string of the molecule is CCOc1ccc2c(C(=O)Nc3c(C)nn(C)c3C)cc(=O)oc2c1. The van der Waals surface area contributed by atoms with Gasteiger partial charge in [0.25, 0.3) is 5.91 Å². The van der Waals surface area contributed by atoms with Crippen molar-refractivity contribution >= 4 is 22.6 Å². The van der Waals surface area contributed by atoms with Crippen LogP contribution in [-0.2, 0) is 7.05 Å². The predicted octanol–water partition coefficient (Wildman–Crippen LogP) is 2.79. The van der Waals surface area contributed by atoms with Crippen LogP contribution in [-0.4, -0.2) is 22.3 Å². The number of hydrogen-bond acceptors (Lipinski definition) is 5. The number of benzene rings is 1. The molecule has 0 aliphatic rings. The van der Waals surface area contributed by atoms with Crippen LogP contribution >= 0.6 is 0 Å². The molecule has 7 nitrogen and oxygen atoms in total. The van der Waals surface area contributed by atoms with Gasteiger partial charge in [0, 0.05) is 24.6 Å². The second kappa shape index (κ2) is 6.43. The van der Waals surface area contributed by atoms with Crippen molar-refractivity contribution in [1.29, 1.82) is 0 Å². The maximum absolute atomic E-state index is 12.7. The fourth-order valence-corrected chi connectivity index (χ4v) is 2.72. The highest BCUT2D eigenvalue weighted by molar-refractivity contribution is 6.12. The number of hydrogen-bond donors (Lipinski definition) is 1. The van der Waals surface area contributed by atoms with Crippen molar-refractivity contribution in [1.82, 2.24) is 9.78 Å². The highest BCUT2D eigenvalue weighted by Gasteiger charge is 2.17. The topological polar surface area (TPSA) is 86.4 Å². The summed E-state index contributed by atoms with van der Waals surface area (Å²) in [6.45, 7) is 6.04. The molecule has 2 aromatic heterocycles. The van der Waals surface area contributed by atoms with E-state index in [1.54, 1.807) is 29.9 Å². The molecule has 2 heterocycles. The molecular weight excluding hydrogens is 322 g/mol. The average Bonchev–Trinajstić information content (AvgIpc) is 2.80. The largest absolute Gasteiger partial charge is 0.494 e. The lowest BCUT2D eigenvalue weighted by atomic mass is 10.1. The molecule has 7 heteroatoms. The van der Waals surface area contributed by atoms with Crippen LogP contribution in [0.5, 0.6) is 5.75 Å². The first kappa shape index (κ1) is 16.8. The summed E-state index contributed by atoms with van der Waals surface area (Å²) in [5.74, 6) is 0.191. The first-order chi connectivity index (χ1) is 11.9. The van der Waals surface area contributed by atoms with E-state index in [-0.39, 0.29) is 11.5 Å². The first-order valence-corrected chi connectivity index (χ1v) is 7.93. The molecule has 0 saturated carbocycles. The Morgan fingerprint density at radius 1 is 1.32 bits per heavy atom. The molecule has 0 spiro atoms. The molecule has 0 radical (unpaired) electrons. The van der Waals surface area contributed by atoms with Gasteiger partial charge in [-0.1, -0.05) is 0 Å². The molecule has 3 aromatic rings. The van der Waals surface area contributed by atoms with E-state index in [0.717, 1.165) is 5.69 Å². The Labute approximate surface area is 144 Å². The summed E-state index contributed by atoms with van der Waals surface area (Å²) in [6.07, 6.45) is 0. The lowest BCUT2D eigenvalue weighted by Gasteiger charge is -2.09. The van der Waals surface area contributed by atoms with Gasteiger partial charge < -0.3 is 14.5 Å². The van der Waals surface area contributed by atoms with Crippen molar-refractivity contribution in [2.24, 2.45) is 7.05 Å². The van der Waals surface area contributed by atoms with E-state index in [1.807, 2.05) is 20.8 Å². The standard InChI is InChI=1S/C18H19N3O4/c1-5-24-12-6-7-13-14(9-16(22)25-15(13)8-12)18(23)19-17-10(2)20-21(4)11(17)3/h6-9H,5H2,1-4H3,(H,19,23). The molecule has 0 bridgehead atoms. The minimum Gasteiger partial charge on any atom is -0.494 e. The van der Waals surface area contributed by atoms with Gasteiger partial charge in [0.05, 0.1) is 29.2 Å². The molecule has 0 aliphatic heterocycles. The van der Waals surface area contributed by atoms with Crippen molar-refractivity contribution < 1.29 is 13.9 Å². The molecular formula is C18H19N3O4. The highest BCUT2D eigenvalue weighted by atomic mass is 16.5. The lowest BCUT2D eigenvalue weighted by Crippen LogP contribution is -2.16. The zero-order chi connectivity index (χ0) is 18.1. The van der Waals surface area contributed by atoms with Crippen molar-refractivity contribution in [3.8, 4) is 5.75 Å². The quantitative estimate of drug-likeness (QED) is 0.738. The van der Waals surface area contributed by atoms with Crippen LogP contribution < -0.4 is 15.7 Å². The molecule has 25 heavy (non-hydrogen) atoms. The number of rotatable bonds is 4. The zero-order valence-electron chi connectivity index (χ0n) is 14.5. The summed E-state index contributed by atoms with van der Waals surface area (Å²) in [5.41, 5.74) is 2.14. The van der Waals surface area contributed by atoms with Crippen molar-refractivity contribution in [3.05, 3.63) is 51.6 Å². The van der Waals surface area contributed by atoms with Gasteiger partial charge in [0.15, 0.2) is 0 Å². The van der Waals surface area contributed by atoms with Gasteiger partial charge in [-0.15, -0.1) is 0 Å². The number of nitrogens with one attached hydrogen (secondary N) is 1. The van der Waals surface area contributed by atoms with Crippen LogP contribution in [0.3, 0.4) is 0 Å². The van der Waals surface area contributed by atoms with E-state index in [1.165, 1.54) is 6.07 Å². The summed E-state index contributed by atoms with van der Waals surface area (Å²) < 4.78 is 12.3. The van der Waals surface area contributed by atoms with E-state index < -0.39 is 5.63 Å². The Bertz CT molecular complexity index is 1020. The van der Waals surface area contributed by atoms with Crippen molar-refractivity contribution in [2.75, 3.05) is 11.9 Å². The lowest BCUT2D eigenvalue weighted by molar-refractivity contribution is 0.102. The summed E-state index contributed by atoms with van der Waals surface area (Å²) in [5, 5.41) is 7.66. The molecule has 3 rings (SSSR count). The smallest absolute Gasteiger partial charge is 0.337 e. The summed E-state index contributed by atoms with van der Waals surface area (Å²) in [4.78, 5) is 24.6. The minimum absolute atomic E-state index is 0.247. The van der Waals surface area contributed by atoms with Crippen LogP contribution in [0.25, 0.3) is 11.0 Å². The number of carbonyl (C=O) groups is 1. The predicted molar refractivity (Wildman–Crippen MR) is 94.3 cm³/mol. The molecule has 0 aliphatic carbocycles. The Morgan fingerprint density at radius 2 is 2.08 bits per heavy atom. The number of fused-ring (bicyclic) bond motifs is 1. The number of aromatic nitrogens is 2. The fraction of sp³-hybridized carbons (Fsp3) is 0.278. The molecule has 1 N–H and O–H groups in total. The van der Waals surface area contributed by atoms with Gasteiger partial charge in [-0.3, -0.25) is 9.48 Å². The molecule has 0 unspecified atom stereocenters. The van der Waals surface area contributed by atoms with Crippen molar-refractivity contribution in [2.45, 2.75) is 20.8 Å². The average molecular weight is 341 g/mol. The third-order valence-electron chi connectivity index (χ3n) is 4.02. The van der Waals surface area contributed by atoms with Gasteiger partial charge in [0.2, 0.25) is 0 Å². The van der Waals surface area contributed by atoms with Crippen LogP contribution in [0.2, 0.25) is 0 Å². The number of nitrogens with zero attached hydrogens (tertiary/aromatic N) is 2. The Kier molecular flexibility index (Phi) is 4.31. The maximum atomic E-state index is 12.7. The normalized spacial score (nSPS) is 10.9. The molecule has 1 aromatic carbocycles. The van der Waals surface area contributed by atoms with E-state index in [0.29, 0.717) is 34.7 Å². The Morgan fingerprint density at radius 3 is 2.72 bits per heavy atom. The Balaban J connectivity index is 2.05. The van der Waals surface area contributed by atoms with E-state index >= 15 is 0 Å². The fourth-order valence-electron chi connectivity index (χ4n) is 2.72.